The molecule has 1 aliphatic heterocycles. The van der Waals surface area contributed by atoms with Gasteiger partial charge in [-0.15, -0.1) is 0 Å². The van der Waals surface area contributed by atoms with E-state index in [0.29, 0.717) is 6.42 Å². The first kappa shape index (κ1) is 15.5. The Labute approximate surface area is 137 Å². The van der Waals surface area contributed by atoms with Crippen LogP contribution in [-0.4, -0.2) is 16.5 Å². The Morgan fingerprint density at radius 2 is 1.88 bits per heavy atom. The molecule has 0 aromatic heterocycles. The van der Waals surface area contributed by atoms with Crippen molar-refractivity contribution >= 4 is 23.0 Å². The summed E-state index contributed by atoms with van der Waals surface area (Å²) in [6, 6.07) is 15.5. The summed E-state index contributed by atoms with van der Waals surface area (Å²) in [4.78, 5) is 27.8. The average Bonchev–Trinajstić information content (AvgIpc) is 3.11. The van der Waals surface area contributed by atoms with E-state index in [1.54, 1.807) is 12.1 Å². The molecular weight excluding hydrogens is 312 g/mol. The molecule has 0 aliphatic carbocycles. The van der Waals surface area contributed by atoms with Gasteiger partial charge in [0.1, 0.15) is 5.69 Å². The van der Waals surface area contributed by atoms with E-state index in [1.807, 2.05) is 30.3 Å². The first-order valence-electron chi connectivity index (χ1n) is 7.22. The Balaban J connectivity index is 1.60. The number of hydrazine groups is 1. The van der Waals surface area contributed by atoms with Crippen molar-refractivity contribution in [2.75, 3.05) is 5.43 Å². The Bertz CT molecular complexity index is 792. The van der Waals surface area contributed by atoms with E-state index in [1.165, 1.54) is 12.1 Å². The van der Waals surface area contributed by atoms with E-state index in [2.05, 4.69) is 16.0 Å². The van der Waals surface area contributed by atoms with Crippen LogP contribution in [0.5, 0.6) is 0 Å². The van der Waals surface area contributed by atoms with Gasteiger partial charge in [0, 0.05) is 12.5 Å². The molecule has 2 aromatic rings. The highest BCUT2D eigenvalue weighted by atomic mass is 16.6. The number of hydrogen-bond donors (Lipinski definition) is 2. The zero-order valence-corrected chi connectivity index (χ0v) is 12.5. The highest BCUT2D eigenvalue weighted by molar-refractivity contribution is 6.39. The molecule has 1 aliphatic rings. The van der Waals surface area contributed by atoms with E-state index in [9.17, 15) is 14.9 Å². The number of nitro groups is 1. The van der Waals surface area contributed by atoms with Gasteiger partial charge in [-0.05, 0) is 11.6 Å². The summed E-state index contributed by atoms with van der Waals surface area (Å²) in [5.74, 6) is -0.494. The molecular formula is C16H14N4O4. The molecule has 3 rings (SSSR count). The molecule has 1 heterocycles. The van der Waals surface area contributed by atoms with Gasteiger partial charge in [0.2, 0.25) is 0 Å². The lowest BCUT2D eigenvalue weighted by molar-refractivity contribution is -0.384. The molecule has 0 fully saturated rings. The third-order valence-corrected chi connectivity index (χ3v) is 3.51. The van der Waals surface area contributed by atoms with Gasteiger partial charge >= 0.3 is 0 Å². The number of benzene rings is 2. The van der Waals surface area contributed by atoms with Gasteiger partial charge in [0.15, 0.2) is 11.8 Å². The molecule has 24 heavy (non-hydrogen) atoms. The maximum absolute atomic E-state index is 12.1. The van der Waals surface area contributed by atoms with E-state index < -0.39 is 10.8 Å². The summed E-state index contributed by atoms with van der Waals surface area (Å²) in [6.07, 6.45) is 0.0204. The molecule has 0 spiro atoms. The van der Waals surface area contributed by atoms with Crippen LogP contribution in [0.1, 0.15) is 18.1 Å². The predicted molar refractivity (Wildman–Crippen MR) is 87.2 cm³/mol. The first-order valence-corrected chi connectivity index (χ1v) is 7.22. The van der Waals surface area contributed by atoms with Crippen LogP contribution in [0.15, 0.2) is 59.8 Å². The Morgan fingerprint density at radius 3 is 2.62 bits per heavy atom. The van der Waals surface area contributed by atoms with Crippen LogP contribution in [0.3, 0.4) is 0 Å². The number of nitrogens with zero attached hydrogens (tertiary/aromatic N) is 2. The average molecular weight is 326 g/mol. The molecule has 0 unspecified atom stereocenters. The van der Waals surface area contributed by atoms with Gasteiger partial charge in [0.05, 0.1) is 4.92 Å². The van der Waals surface area contributed by atoms with Crippen molar-refractivity contribution in [2.24, 2.45) is 5.16 Å². The topological polar surface area (TPSA) is 106 Å². The molecule has 8 heteroatoms. The number of amides is 1. The van der Waals surface area contributed by atoms with Crippen molar-refractivity contribution in [1.82, 2.24) is 5.43 Å². The third kappa shape index (κ3) is 3.32. The molecule has 0 bridgehead atoms. The molecule has 1 atom stereocenters. The van der Waals surface area contributed by atoms with Crippen LogP contribution in [-0.2, 0) is 9.63 Å². The molecule has 0 saturated carbocycles. The highest BCUT2D eigenvalue weighted by Gasteiger charge is 2.27. The zero-order chi connectivity index (χ0) is 16.9. The normalized spacial score (nSPS) is 16.0. The molecule has 2 N–H and O–H groups in total. The summed E-state index contributed by atoms with van der Waals surface area (Å²) in [7, 11) is 0. The number of nitrogens with one attached hydrogen (secondary N) is 2. The number of anilines is 1. The minimum atomic E-state index is -0.532. The van der Waals surface area contributed by atoms with Crippen LogP contribution in [0.4, 0.5) is 11.4 Å². The largest absolute Gasteiger partial charge is 0.387 e. The minimum Gasteiger partial charge on any atom is -0.387 e. The maximum atomic E-state index is 12.1. The van der Waals surface area contributed by atoms with Crippen LogP contribution in [0.2, 0.25) is 0 Å². The summed E-state index contributed by atoms with van der Waals surface area (Å²) < 4.78 is 0. The SMILES string of the molecule is O=C(NNc1ccccc1[N+](=O)[O-])C1=NO[C@@H](c2ccccc2)C1. The fourth-order valence-corrected chi connectivity index (χ4v) is 2.29. The van der Waals surface area contributed by atoms with Crippen molar-refractivity contribution in [1.29, 1.82) is 0 Å². The summed E-state index contributed by atoms with van der Waals surface area (Å²) >= 11 is 0. The van der Waals surface area contributed by atoms with Crippen molar-refractivity contribution < 1.29 is 14.6 Å². The fraction of sp³-hybridized carbons (Fsp3) is 0.125. The number of carbonyl (C=O) groups excluding carboxylic acids is 1. The van der Waals surface area contributed by atoms with E-state index >= 15 is 0 Å². The van der Waals surface area contributed by atoms with E-state index in [0.717, 1.165) is 5.56 Å². The monoisotopic (exact) mass is 326 g/mol. The van der Waals surface area contributed by atoms with Crippen molar-refractivity contribution in [2.45, 2.75) is 12.5 Å². The number of carbonyl (C=O) groups is 1. The van der Waals surface area contributed by atoms with E-state index in [-0.39, 0.29) is 23.2 Å². The maximum Gasteiger partial charge on any atom is 0.294 e. The smallest absolute Gasteiger partial charge is 0.294 e. The van der Waals surface area contributed by atoms with Crippen molar-refractivity contribution in [3.63, 3.8) is 0 Å². The molecule has 0 saturated heterocycles. The standard InChI is InChI=1S/C16H14N4O4/c21-16(18-17-12-8-4-5-9-14(12)20(22)23)13-10-15(24-19-13)11-6-2-1-3-7-11/h1-9,15,17H,10H2,(H,18,21)/t15-/m1/s1. The van der Waals surface area contributed by atoms with Crippen LogP contribution >= 0.6 is 0 Å². The number of oxime groups is 1. The highest BCUT2D eigenvalue weighted by Crippen LogP contribution is 2.27. The lowest BCUT2D eigenvalue weighted by atomic mass is 10.0. The number of para-hydroxylation sites is 2. The first-order chi connectivity index (χ1) is 11.6. The second kappa shape index (κ2) is 6.78. The summed E-state index contributed by atoms with van der Waals surface area (Å²) in [5, 5.41) is 14.7. The van der Waals surface area contributed by atoms with Gasteiger partial charge < -0.3 is 4.84 Å². The second-order valence-corrected chi connectivity index (χ2v) is 5.10. The zero-order valence-electron chi connectivity index (χ0n) is 12.5. The van der Waals surface area contributed by atoms with Gasteiger partial charge in [-0.2, -0.15) is 0 Å². The summed E-state index contributed by atoms with van der Waals surface area (Å²) in [6.45, 7) is 0. The molecule has 2 aromatic carbocycles. The lowest BCUT2D eigenvalue weighted by Crippen LogP contribution is -2.35. The Morgan fingerprint density at radius 1 is 1.17 bits per heavy atom. The minimum absolute atomic E-state index is 0.135. The number of rotatable bonds is 5. The molecule has 0 radical (unpaired) electrons. The van der Waals surface area contributed by atoms with Gasteiger partial charge in [0.25, 0.3) is 11.6 Å². The van der Waals surface area contributed by atoms with E-state index in [4.69, 9.17) is 4.84 Å². The Kier molecular flexibility index (Phi) is 4.37. The second-order valence-electron chi connectivity index (χ2n) is 5.10. The predicted octanol–water partition coefficient (Wildman–Crippen LogP) is 2.56. The van der Waals surface area contributed by atoms with Crippen LogP contribution in [0, 0.1) is 10.1 Å². The van der Waals surface area contributed by atoms with Crippen LogP contribution in [0.25, 0.3) is 0 Å². The quantitative estimate of drug-likeness (QED) is 0.649. The summed E-state index contributed by atoms with van der Waals surface area (Å²) in [5.41, 5.74) is 6.15. The molecule has 1 amide bonds. The van der Waals surface area contributed by atoms with Gasteiger partial charge in [-0.1, -0.05) is 47.6 Å². The molecule has 122 valence electrons. The number of hydrogen-bond acceptors (Lipinski definition) is 6. The Hall–Kier alpha value is -3.42. The fourth-order valence-electron chi connectivity index (χ4n) is 2.29. The third-order valence-electron chi connectivity index (χ3n) is 3.51. The molecule has 8 nitrogen and oxygen atoms in total. The van der Waals surface area contributed by atoms with Gasteiger partial charge in [-0.25, -0.2) is 0 Å². The van der Waals surface area contributed by atoms with Crippen LogP contribution < -0.4 is 10.9 Å². The van der Waals surface area contributed by atoms with Crippen molar-refractivity contribution in [3.8, 4) is 0 Å². The van der Waals surface area contributed by atoms with Crippen molar-refractivity contribution in [3.05, 3.63) is 70.3 Å². The number of nitro benzene ring substituents is 1. The lowest BCUT2D eigenvalue weighted by Gasteiger charge is -2.09. The van der Waals surface area contributed by atoms with Gasteiger partial charge in [-0.3, -0.25) is 25.8 Å².